The Morgan fingerprint density at radius 3 is 2.91 bits per heavy atom. The molecule has 2 fully saturated rings. The van der Waals surface area contributed by atoms with Crippen LogP contribution in [0.2, 0.25) is 0 Å². The first-order valence-corrected chi connectivity index (χ1v) is 10.5. The van der Waals surface area contributed by atoms with Gasteiger partial charge in [-0.05, 0) is 32.6 Å². The van der Waals surface area contributed by atoms with Crippen molar-refractivity contribution >= 4 is 29.4 Å². The summed E-state index contributed by atoms with van der Waals surface area (Å²) in [6.07, 6.45) is 5.58. The molecule has 0 aromatic carbocycles. The van der Waals surface area contributed by atoms with E-state index in [0.717, 1.165) is 43.6 Å². The van der Waals surface area contributed by atoms with Gasteiger partial charge in [0.2, 0.25) is 0 Å². The lowest BCUT2D eigenvalue weighted by Gasteiger charge is -2.31. The van der Waals surface area contributed by atoms with Gasteiger partial charge in [-0.15, -0.1) is 23.5 Å². The molecule has 1 atom stereocenters. The molecule has 2 aliphatic heterocycles. The van der Waals surface area contributed by atoms with Gasteiger partial charge in [-0.2, -0.15) is 0 Å². The summed E-state index contributed by atoms with van der Waals surface area (Å²) in [5.74, 6) is 3.85. The van der Waals surface area contributed by atoms with Crippen LogP contribution in [0.3, 0.4) is 0 Å². The van der Waals surface area contributed by atoms with Crippen LogP contribution in [0.1, 0.15) is 53.1 Å². The largest absolute Gasteiger partial charge is 0.455 e. The van der Waals surface area contributed by atoms with Crippen LogP contribution < -0.4 is 5.32 Å². The quantitative estimate of drug-likeness (QED) is 0.902. The smallest absolute Gasteiger partial charge is 0.287 e. The van der Waals surface area contributed by atoms with Gasteiger partial charge in [0.25, 0.3) is 5.91 Å². The molecule has 2 saturated heterocycles. The minimum absolute atomic E-state index is 0.0875. The summed E-state index contributed by atoms with van der Waals surface area (Å²) in [6.45, 7) is 3.44. The van der Waals surface area contributed by atoms with E-state index < -0.39 is 0 Å². The highest BCUT2D eigenvalue weighted by Crippen LogP contribution is 2.59. The van der Waals surface area contributed by atoms with Crippen molar-refractivity contribution in [2.45, 2.75) is 49.2 Å². The maximum Gasteiger partial charge on any atom is 0.287 e. The number of thioether (sulfide) groups is 2. The fraction of sp³-hybridized carbons (Fsp3) is 0.706. The first kappa shape index (κ1) is 15.9. The van der Waals surface area contributed by atoms with Crippen LogP contribution in [0.5, 0.6) is 0 Å². The Balaban J connectivity index is 1.55. The maximum absolute atomic E-state index is 12.6. The number of aryl methyl sites for hydroxylation is 1. The summed E-state index contributed by atoms with van der Waals surface area (Å²) in [7, 11) is 0. The number of rotatable bonds is 3. The number of amides is 1. The Bertz CT molecular complexity index is 601. The van der Waals surface area contributed by atoms with Crippen LogP contribution in [0, 0.1) is 6.92 Å². The second-order valence-corrected chi connectivity index (χ2v) is 9.55. The van der Waals surface area contributed by atoms with Crippen molar-refractivity contribution in [1.82, 2.24) is 5.32 Å². The molecule has 0 radical (unpaired) electrons. The molecule has 1 spiro atoms. The zero-order valence-corrected chi connectivity index (χ0v) is 15.1. The van der Waals surface area contributed by atoms with Gasteiger partial charge in [0.05, 0.1) is 10.2 Å². The number of fused-ring (bicyclic) bond motifs is 2. The van der Waals surface area contributed by atoms with Crippen molar-refractivity contribution in [3.05, 3.63) is 22.6 Å². The van der Waals surface area contributed by atoms with E-state index >= 15 is 0 Å². The summed E-state index contributed by atoms with van der Waals surface area (Å²) in [6, 6.07) is 0. The highest BCUT2D eigenvalue weighted by Gasteiger charge is 2.45. The van der Waals surface area contributed by atoms with Gasteiger partial charge < -0.3 is 14.5 Å². The highest BCUT2D eigenvalue weighted by molar-refractivity contribution is 8.20. The van der Waals surface area contributed by atoms with Crippen LogP contribution in [0.4, 0.5) is 0 Å². The van der Waals surface area contributed by atoms with Crippen LogP contribution in [0.15, 0.2) is 4.42 Å². The van der Waals surface area contributed by atoms with E-state index in [1.54, 1.807) is 0 Å². The third kappa shape index (κ3) is 2.83. The van der Waals surface area contributed by atoms with Gasteiger partial charge in [-0.25, -0.2) is 0 Å². The number of nitrogens with one attached hydrogen (secondary N) is 1. The predicted molar refractivity (Wildman–Crippen MR) is 94.3 cm³/mol. The van der Waals surface area contributed by atoms with E-state index in [-0.39, 0.29) is 16.1 Å². The van der Waals surface area contributed by atoms with Crippen molar-refractivity contribution in [1.29, 1.82) is 0 Å². The lowest BCUT2D eigenvalue weighted by atomic mass is 9.94. The van der Waals surface area contributed by atoms with E-state index in [2.05, 4.69) is 12.2 Å². The van der Waals surface area contributed by atoms with Crippen LogP contribution >= 0.6 is 23.5 Å². The van der Waals surface area contributed by atoms with E-state index in [0.29, 0.717) is 12.3 Å². The Hall–Kier alpha value is -0.590. The molecule has 4 rings (SSSR count). The Morgan fingerprint density at radius 1 is 1.35 bits per heavy atom. The lowest BCUT2D eigenvalue weighted by molar-refractivity contribution is 0.0833. The maximum atomic E-state index is 12.6. The molecule has 3 aliphatic rings. The number of hydrogen-bond donors (Lipinski definition) is 1. The Labute approximate surface area is 145 Å². The minimum Gasteiger partial charge on any atom is -0.455 e. The van der Waals surface area contributed by atoms with Crippen LogP contribution in [-0.4, -0.2) is 36.7 Å². The van der Waals surface area contributed by atoms with Gasteiger partial charge in [0.15, 0.2) is 5.76 Å². The summed E-state index contributed by atoms with van der Waals surface area (Å²) in [5, 5.41) is 3.00. The van der Waals surface area contributed by atoms with Gasteiger partial charge >= 0.3 is 0 Å². The van der Waals surface area contributed by atoms with Gasteiger partial charge in [0.1, 0.15) is 5.76 Å². The minimum atomic E-state index is -0.0875. The molecule has 126 valence electrons. The number of carbonyl (C=O) groups excluding carboxylic acids is 1. The molecule has 3 heterocycles. The molecule has 0 saturated carbocycles. The molecule has 1 amide bonds. The van der Waals surface area contributed by atoms with Crippen molar-refractivity contribution in [2.24, 2.45) is 0 Å². The number of ether oxygens (including phenoxy) is 1. The summed E-state index contributed by atoms with van der Waals surface area (Å²) < 4.78 is 11.7. The normalized spacial score (nSPS) is 25.7. The number of hydrogen-bond acceptors (Lipinski definition) is 5. The third-order valence-electron chi connectivity index (χ3n) is 4.98. The molecule has 6 heteroatoms. The average Bonchev–Trinajstić information content (AvgIpc) is 3.27. The van der Waals surface area contributed by atoms with Crippen molar-refractivity contribution in [3.8, 4) is 0 Å². The molecular formula is C17H23NO3S2. The highest BCUT2D eigenvalue weighted by atomic mass is 32.2. The summed E-state index contributed by atoms with van der Waals surface area (Å²) in [4.78, 5) is 12.6. The van der Waals surface area contributed by atoms with Crippen molar-refractivity contribution in [3.63, 3.8) is 0 Å². The zero-order chi connectivity index (χ0) is 15.9. The average molecular weight is 354 g/mol. The van der Waals surface area contributed by atoms with E-state index in [1.165, 1.54) is 23.5 Å². The van der Waals surface area contributed by atoms with Gasteiger partial charge in [-0.1, -0.05) is 0 Å². The molecule has 23 heavy (non-hydrogen) atoms. The molecule has 0 bridgehead atoms. The molecular weight excluding hydrogens is 330 g/mol. The third-order valence-corrected chi connectivity index (χ3v) is 8.52. The van der Waals surface area contributed by atoms with Gasteiger partial charge in [0, 0.05) is 42.2 Å². The fourth-order valence-corrected chi connectivity index (χ4v) is 7.47. The Kier molecular flexibility index (Phi) is 4.41. The molecule has 1 aromatic heterocycles. The van der Waals surface area contributed by atoms with E-state index in [1.807, 2.05) is 23.5 Å². The number of carbonyl (C=O) groups is 1. The fourth-order valence-electron chi connectivity index (χ4n) is 3.91. The van der Waals surface area contributed by atoms with Crippen LogP contribution in [0.25, 0.3) is 0 Å². The molecule has 1 aromatic rings. The molecule has 1 aliphatic carbocycles. The molecule has 1 N–H and O–H groups in total. The Morgan fingerprint density at radius 2 is 2.17 bits per heavy atom. The molecule has 1 unspecified atom stereocenters. The second-order valence-electron chi connectivity index (χ2n) is 6.50. The number of furan rings is 1. The first-order valence-electron chi connectivity index (χ1n) is 8.50. The first-order chi connectivity index (χ1) is 11.2. The van der Waals surface area contributed by atoms with E-state index in [9.17, 15) is 4.79 Å². The summed E-state index contributed by atoms with van der Waals surface area (Å²) >= 11 is 4.07. The van der Waals surface area contributed by atoms with Crippen molar-refractivity contribution < 1.29 is 13.9 Å². The standard InChI is InChI=1S/C17H23NO3S2/c1-11-14-13(5-2-6-17(14)22-8-9-23-17)21-15(11)16(19)18-10-12-4-3-7-20-12/h12H,2-10H2,1H3,(H,18,19). The predicted octanol–water partition coefficient (Wildman–Crippen LogP) is 3.47. The van der Waals surface area contributed by atoms with E-state index in [4.69, 9.17) is 9.15 Å². The second kappa shape index (κ2) is 6.37. The van der Waals surface area contributed by atoms with Crippen LogP contribution in [-0.2, 0) is 15.2 Å². The summed E-state index contributed by atoms with van der Waals surface area (Å²) in [5.41, 5.74) is 2.35. The topological polar surface area (TPSA) is 51.5 Å². The molecule has 4 nitrogen and oxygen atoms in total. The SMILES string of the molecule is Cc1c(C(=O)NCC2CCCO2)oc2c1C1(CCC2)SCCS1. The lowest BCUT2D eigenvalue weighted by Crippen LogP contribution is -2.32. The van der Waals surface area contributed by atoms with Crippen molar-refractivity contribution in [2.75, 3.05) is 24.7 Å². The van der Waals surface area contributed by atoms with Gasteiger partial charge in [-0.3, -0.25) is 4.79 Å². The monoisotopic (exact) mass is 353 g/mol. The zero-order valence-electron chi connectivity index (χ0n) is 13.5.